The third-order valence-electron chi connectivity index (χ3n) is 4.96. The normalized spacial score (nSPS) is 15.3. The lowest BCUT2D eigenvalue weighted by molar-refractivity contribution is -0.382. The molecule has 0 spiro atoms. The van der Waals surface area contributed by atoms with Crippen LogP contribution in [-0.4, -0.2) is 43.8 Å². The van der Waals surface area contributed by atoms with Gasteiger partial charge in [-0.25, -0.2) is 8.78 Å². The average Bonchev–Trinajstić information content (AvgIpc) is 3.10. The van der Waals surface area contributed by atoms with Crippen molar-refractivity contribution in [2.24, 2.45) is 5.16 Å². The van der Waals surface area contributed by atoms with Crippen LogP contribution in [-0.2, 0) is 20.8 Å². The number of hydrogen-bond acceptors (Lipinski definition) is 4. The van der Waals surface area contributed by atoms with Crippen molar-refractivity contribution >= 4 is 15.8 Å². The molecule has 0 atom stereocenters. The molecule has 1 aliphatic rings. The van der Waals surface area contributed by atoms with Crippen LogP contribution in [0.2, 0.25) is 0 Å². The van der Waals surface area contributed by atoms with Crippen molar-refractivity contribution in [3.8, 4) is 11.1 Å². The van der Waals surface area contributed by atoms with Gasteiger partial charge in [-0.05, 0) is 34.7 Å². The summed E-state index contributed by atoms with van der Waals surface area (Å²) in [5.74, 6) is -15.1. The van der Waals surface area contributed by atoms with Crippen molar-refractivity contribution in [3.05, 3.63) is 59.2 Å². The SMILES string of the molecule is O=S(=O)(ON=C(c1ccc2c(c1)Cc1ccccc1-2)C(F)F)C(F)(F)C(F)(F)C(F)(F)C(F)(F)F. The number of oxime groups is 1. The first-order chi connectivity index (χ1) is 15.8. The van der Waals surface area contributed by atoms with Crippen molar-refractivity contribution < 1.29 is 61.0 Å². The van der Waals surface area contributed by atoms with Crippen molar-refractivity contribution in [3.63, 3.8) is 0 Å². The van der Waals surface area contributed by atoms with Crippen LogP contribution < -0.4 is 0 Å². The molecule has 3 rings (SSSR count). The lowest BCUT2D eigenvalue weighted by Gasteiger charge is -2.31. The summed E-state index contributed by atoms with van der Waals surface area (Å²) in [6.45, 7) is 0. The van der Waals surface area contributed by atoms with Gasteiger partial charge in [0.25, 0.3) is 6.43 Å². The van der Waals surface area contributed by atoms with Crippen LogP contribution in [0.15, 0.2) is 47.6 Å². The average molecular weight is 541 g/mol. The Morgan fingerprint density at radius 1 is 0.829 bits per heavy atom. The summed E-state index contributed by atoms with van der Waals surface area (Å²) < 4.78 is 169. The molecule has 2 aromatic carbocycles. The second-order valence-corrected chi connectivity index (χ2v) is 8.75. The first-order valence-electron chi connectivity index (χ1n) is 9.06. The van der Waals surface area contributed by atoms with E-state index >= 15 is 0 Å². The molecule has 0 saturated heterocycles. The van der Waals surface area contributed by atoms with E-state index < -0.39 is 51.1 Å². The van der Waals surface area contributed by atoms with E-state index in [-0.39, 0.29) is 6.42 Å². The van der Waals surface area contributed by atoms with Gasteiger partial charge in [0.05, 0.1) is 0 Å². The smallest absolute Gasteiger partial charge is 0.263 e. The van der Waals surface area contributed by atoms with Crippen LogP contribution in [0.25, 0.3) is 11.1 Å². The summed E-state index contributed by atoms with van der Waals surface area (Å²) in [6, 6.07) is 10.1. The Kier molecular flexibility index (Phi) is 6.36. The van der Waals surface area contributed by atoms with Gasteiger partial charge < -0.3 is 0 Å². The van der Waals surface area contributed by atoms with Gasteiger partial charge in [-0.3, -0.25) is 4.28 Å². The maximum Gasteiger partial charge on any atom is 0.460 e. The van der Waals surface area contributed by atoms with E-state index in [4.69, 9.17) is 0 Å². The largest absolute Gasteiger partial charge is 0.460 e. The number of nitrogens with zero attached hydrogens (tertiary/aromatic N) is 1. The molecule has 4 nitrogen and oxygen atoms in total. The van der Waals surface area contributed by atoms with E-state index in [1.165, 1.54) is 6.07 Å². The molecule has 0 unspecified atom stereocenters. The zero-order chi connectivity index (χ0) is 26.6. The molecular formula is C19H10F11NO3S. The number of alkyl halides is 11. The maximum atomic E-state index is 13.7. The monoisotopic (exact) mass is 541 g/mol. The van der Waals surface area contributed by atoms with Gasteiger partial charge in [-0.15, -0.1) is 0 Å². The molecule has 0 bridgehead atoms. The topological polar surface area (TPSA) is 55.7 Å². The quantitative estimate of drug-likeness (QED) is 0.210. The third kappa shape index (κ3) is 4.21. The lowest BCUT2D eigenvalue weighted by Crippen LogP contribution is -2.63. The standard InChI is InChI=1S/C19H10F11NO3S/c20-15(21)14(10-5-6-13-11(8-10)7-9-3-1-2-4-12(9)13)31-34-35(32,33)19(29,30)17(24,25)16(22,23)18(26,27)28/h1-6,8,15H,7H2. The van der Waals surface area contributed by atoms with E-state index in [2.05, 4.69) is 9.44 Å². The van der Waals surface area contributed by atoms with Gasteiger partial charge in [0, 0.05) is 5.56 Å². The Morgan fingerprint density at radius 3 is 1.97 bits per heavy atom. The highest BCUT2D eigenvalue weighted by atomic mass is 32.2. The Labute approximate surface area is 189 Å². The first-order valence-corrected chi connectivity index (χ1v) is 10.5. The highest BCUT2D eigenvalue weighted by Crippen LogP contribution is 2.55. The molecule has 16 heteroatoms. The number of rotatable bonds is 7. The van der Waals surface area contributed by atoms with Gasteiger partial charge in [-0.2, -0.15) is 47.9 Å². The molecule has 0 amide bonds. The fourth-order valence-electron chi connectivity index (χ4n) is 3.18. The van der Waals surface area contributed by atoms with Gasteiger partial charge in [0.2, 0.25) is 0 Å². The van der Waals surface area contributed by atoms with Gasteiger partial charge in [0.15, 0.2) is 5.71 Å². The van der Waals surface area contributed by atoms with Crippen molar-refractivity contribution in [2.45, 2.75) is 36.1 Å². The molecule has 0 N–H and O–H groups in total. The molecule has 2 aromatic rings. The Hall–Kier alpha value is -2.91. The predicted molar refractivity (Wildman–Crippen MR) is 98.1 cm³/mol. The Bertz CT molecular complexity index is 1270. The second-order valence-electron chi connectivity index (χ2n) is 7.18. The summed E-state index contributed by atoms with van der Waals surface area (Å²) >= 11 is 0. The van der Waals surface area contributed by atoms with Crippen molar-refractivity contribution in [1.29, 1.82) is 0 Å². The fourth-order valence-corrected chi connectivity index (χ4v) is 3.89. The van der Waals surface area contributed by atoms with Crippen molar-refractivity contribution in [2.75, 3.05) is 0 Å². The van der Waals surface area contributed by atoms with E-state index in [0.717, 1.165) is 23.3 Å². The Balaban J connectivity index is 1.96. The molecule has 1 aliphatic carbocycles. The summed E-state index contributed by atoms with van der Waals surface area (Å²) in [5.41, 5.74) is 0.192. The molecule has 35 heavy (non-hydrogen) atoms. The molecule has 0 saturated carbocycles. The lowest BCUT2D eigenvalue weighted by atomic mass is 10.0. The van der Waals surface area contributed by atoms with Crippen LogP contribution in [0.4, 0.5) is 48.3 Å². The van der Waals surface area contributed by atoms with Crippen LogP contribution in [0.1, 0.15) is 16.7 Å². The molecule has 0 aromatic heterocycles. The number of benzene rings is 2. The fraction of sp³-hybridized carbons (Fsp3) is 0.316. The number of halogens is 11. The summed E-state index contributed by atoms with van der Waals surface area (Å²) in [5, 5.41) is -5.02. The summed E-state index contributed by atoms with van der Waals surface area (Å²) in [7, 11) is -7.44. The number of hydrogen-bond donors (Lipinski definition) is 0. The van der Waals surface area contributed by atoms with Crippen LogP contribution in [0.5, 0.6) is 0 Å². The van der Waals surface area contributed by atoms with E-state index in [1.54, 1.807) is 24.3 Å². The zero-order valence-corrected chi connectivity index (χ0v) is 17.4. The minimum atomic E-state index is -7.59. The van der Waals surface area contributed by atoms with Crippen LogP contribution in [0.3, 0.4) is 0 Å². The second kappa shape index (κ2) is 8.34. The Morgan fingerprint density at radius 2 is 1.40 bits per heavy atom. The number of fused-ring (bicyclic) bond motifs is 3. The van der Waals surface area contributed by atoms with Gasteiger partial charge >= 0.3 is 33.4 Å². The molecule has 0 aliphatic heterocycles. The van der Waals surface area contributed by atoms with E-state index in [9.17, 15) is 56.7 Å². The molecule has 0 radical (unpaired) electrons. The summed E-state index contributed by atoms with van der Waals surface area (Å²) in [6.07, 6.45) is -10.8. The van der Waals surface area contributed by atoms with E-state index in [0.29, 0.717) is 11.1 Å². The van der Waals surface area contributed by atoms with E-state index in [1.807, 2.05) is 0 Å². The molecule has 192 valence electrons. The third-order valence-corrected chi connectivity index (χ3v) is 6.11. The van der Waals surface area contributed by atoms with Crippen molar-refractivity contribution in [1.82, 2.24) is 0 Å². The summed E-state index contributed by atoms with van der Waals surface area (Å²) in [4.78, 5) is 0. The molecule has 0 fully saturated rings. The molecule has 0 heterocycles. The highest BCUT2D eigenvalue weighted by Gasteiger charge is 2.86. The predicted octanol–water partition coefficient (Wildman–Crippen LogP) is 6.00. The van der Waals surface area contributed by atoms with Crippen LogP contribution in [0, 0.1) is 0 Å². The minimum absolute atomic E-state index is 0.214. The van der Waals surface area contributed by atoms with Gasteiger partial charge in [0.1, 0.15) is 0 Å². The van der Waals surface area contributed by atoms with Gasteiger partial charge in [-0.1, -0.05) is 41.6 Å². The molecular weight excluding hydrogens is 531 g/mol. The zero-order valence-electron chi connectivity index (χ0n) is 16.6. The minimum Gasteiger partial charge on any atom is -0.263 e. The van der Waals surface area contributed by atoms with Crippen LogP contribution >= 0.6 is 0 Å². The first kappa shape index (κ1) is 26.7. The highest BCUT2D eigenvalue weighted by molar-refractivity contribution is 7.87. The maximum absolute atomic E-state index is 13.7.